The van der Waals surface area contributed by atoms with Crippen molar-refractivity contribution in [1.29, 1.82) is 0 Å². The Morgan fingerprint density at radius 1 is 0.825 bits per heavy atom. The lowest BCUT2D eigenvalue weighted by molar-refractivity contribution is -0.139. The molecule has 214 valence electrons. The molecule has 0 saturated carbocycles. The van der Waals surface area contributed by atoms with Crippen LogP contribution in [0.5, 0.6) is 0 Å². The Hall–Kier alpha value is -3.65. The zero-order valence-electron chi connectivity index (χ0n) is 24.6. The highest BCUT2D eigenvalue weighted by Crippen LogP contribution is 2.28. The van der Waals surface area contributed by atoms with E-state index in [1.54, 1.807) is 37.3 Å². The third-order valence-corrected chi connectivity index (χ3v) is 8.58. The van der Waals surface area contributed by atoms with Crippen molar-refractivity contribution in [3.63, 3.8) is 0 Å². The Bertz CT molecular complexity index is 1450. The van der Waals surface area contributed by atoms with Crippen molar-refractivity contribution in [1.82, 2.24) is 10.2 Å². The van der Waals surface area contributed by atoms with Gasteiger partial charge in [-0.3, -0.25) is 13.9 Å². The zero-order chi connectivity index (χ0) is 29.6. The van der Waals surface area contributed by atoms with Gasteiger partial charge in [-0.25, -0.2) is 8.42 Å². The monoisotopic (exact) mass is 563 g/mol. The van der Waals surface area contributed by atoms with E-state index < -0.39 is 28.5 Å². The number of carbonyl (C=O) groups excluding carboxylic acids is 2. The predicted octanol–water partition coefficient (Wildman–Crippen LogP) is 5.31. The van der Waals surface area contributed by atoms with Crippen LogP contribution in [0, 0.1) is 33.6 Å². The van der Waals surface area contributed by atoms with Gasteiger partial charge in [0.25, 0.3) is 10.0 Å². The fourth-order valence-corrected chi connectivity index (χ4v) is 5.85. The van der Waals surface area contributed by atoms with Crippen LogP contribution in [0.25, 0.3) is 0 Å². The minimum absolute atomic E-state index is 0.0970. The summed E-state index contributed by atoms with van der Waals surface area (Å²) in [4.78, 5) is 28.7. The number of carbonyl (C=O) groups is 2. The summed E-state index contributed by atoms with van der Waals surface area (Å²) in [7, 11) is -4.10. The van der Waals surface area contributed by atoms with Gasteiger partial charge in [0.2, 0.25) is 11.8 Å². The van der Waals surface area contributed by atoms with Crippen molar-refractivity contribution in [3.05, 3.63) is 94.5 Å². The molecule has 0 aliphatic rings. The third-order valence-electron chi connectivity index (χ3n) is 6.81. The summed E-state index contributed by atoms with van der Waals surface area (Å²) >= 11 is 0. The minimum Gasteiger partial charge on any atom is -0.354 e. The molecule has 3 rings (SSSR count). The summed E-state index contributed by atoms with van der Waals surface area (Å²) in [6.45, 7) is 13.4. The number of anilines is 1. The van der Waals surface area contributed by atoms with Crippen LogP contribution in [0.2, 0.25) is 0 Å². The smallest absolute Gasteiger partial charge is 0.264 e. The van der Waals surface area contributed by atoms with Crippen LogP contribution in [0.3, 0.4) is 0 Å². The van der Waals surface area contributed by atoms with Crippen molar-refractivity contribution in [2.45, 2.75) is 65.9 Å². The van der Waals surface area contributed by atoms with Gasteiger partial charge in [0, 0.05) is 13.1 Å². The van der Waals surface area contributed by atoms with Gasteiger partial charge >= 0.3 is 0 Å². The predicted molar refractivity (Wildman–Crippen MR) is 161 cm³/mol. The number of amides is 2. The first kappa shape index (κ1) is 30.9. The molecule has 0 aliphatic heterocycles. The van der Waals surface area contributed by atoms with Gasteiger partial charge in [0.05, 0.1) is 10.6 Å². The van der Waals surface area contributed by atoms with Crippen LogP contribution < -0.4 is 9.62 Å². The van der Waals surface area contributed by atoms with Crippen LogP contribution in [0.4, 0.5) is 5.69 Å². The molecule has 0 radical (unpaired) electrons. The summed E-state index contributed by atoms with van der Waals surface area (Å²) in [6, 6.07) is 19.0. The van der Waals surface area contributed by atoms with Gasteiger partial charge in [0.15, 0.2) is 0 Å². The van der Waals surface area contributed by atoms with Crippen LogP contribution in [0.1, 0.15) is 48.6 Å². The summed E-state index contributed by atoms with van der Waals surface area (Å²) < 4.78 is 29.2. The molecule has 1 N–H and O–H groups in total. The van der Waals surface area contributed by atoms with E-state index in [9.17, 15) is 18.0 Å². The fraction of sp³-hybridized carbons (Fsp3) is 0.375. The Morgan fingerprint density at radius 3 is 2.08 bits per heavy atom. The second-order valence-corrected chi connectivity index (χ2v) is 12.8. The third kappa shape index (κ3) is 7.72. The van der Waals surface area contributed by atoms with Crippen LogP contribution >= 0.6 is 0 Å². The first-order valence-electron chi connectivity index (χ1n) is 13.6. The molecule has 2 amide bonds. The quantitative estimate of drug-likeness (QED) is 0.343. The SMILES string of the molecule is Cc1ccc(S(=O)(=O)N(CC(=O)N(Cc2cccc(C)c2)C(C)C(=O)NCC(C)C)c2cc(C)ccc2C)cc1. The summed E-state index contributed by atoms with van der Waals surface area (Å²) in [5.74, 6) is -0.504. The zero-order valence-corrected chi connectivity index (χ0v) is 25.4. The average Bonchev–Trinajstić information content (AvgIpc) is 2.90. The van der Waals surface area contributed by atoms with Gasteiger partial charge in [-0.05, 0) is 75.4 Å². The molecule has 7 nitrogen and oxygen atoms in total. The lowest BCUT2D eigenvalue weighted by Crippen LogP contribution is -2.51. The van der Waals surface area contributed by atoms with Gasteiger partial charge in [0.1, 0.15) is 12.6 Å². The lowest BCUT2D eigenvalue weighted by atomic mass is 10.1. The molecule has 0 aromatic heterocycles. The minimum atomic E-state index is -4.10. The number of sulfonamides is 1. The van der Waals surface area contributed by atoms with E-state index in [0.29, 0.717) is 12.2 Å². The topological polar surface area (TPSA) is 86.8 Å². The van der Waals surface area contributed by atoms with Gasteiger partial charge in [-0.2, -0.15) is 0 Å². The molecule has 8 heteroatoms. The molecule has 0 spiro atoms. The number of benzene rings is 3. The molecule has 0 aliphatic carbocycles. The van der Waals surface area contributed by atoms with Crippen molar-refractivity contribution in [2.75, 3.05) is 17.4 Å². The average molecular weight is 564 g/mol. The molecule has 0 bridgehead atoms. The highest BCUT2D eigenvalue weighted by molar-refractivity contribution is 7.92. The van der Waals surface area contributed by atoms with Gasteiger partial charge < -0.3 is 10.2 Å². The number of aryl methyl sites for hydroxylation is 4. The molecule has 0 heterocycles. The van der Waals surface area contributed by atoms with Gasteiger partial charge in [-0.1, -0.05) is 73.5 Å². The molecular weight excluding hydrogens is 522 g/mol. The van der Waals surface area contributed by atoms with Crippen molar-refractivity contribution in [2.24, 2.45) is 5.92 Å². The Labute approximate surface area is 239 Å². The number of rotatable bonds is 11. The van der Waals surface area contributed by atoms with E-state index in [0.717, 1.165) is 27.8 Å². The van der Waals surface area contributed by atoms with E-state index >= 15 is 0 Å². The second-order valence-electron chi connectivity index (χ2n) is 10.9. The number of nitrogens with one attached hydrogen (secondary N) is 1. The van der Waals surface area contributed by atoms with Crippen LogP contribution in [0.15, 0.2) is 71.6 Å². The summed E-state index contributed by atoms with van der Waals surface area (Å²) in [5, 5.41) is 2.91. The number of nitrogens with zero attached hydrogens (tertiary/aromatic N) is 2. The normalized spacial score (nSPS) is 12.2. The second kappa shape index (κ2) is 13.1. The molecule has 0 saturated heterocycles. The molecule has 1 atom stereocenters. The molecule has 1 unspecified atom stereocenters. The van der Waals surface area contributed by atoms with E-state index in [-0.39, 0.29) is 23.3 Å². The Morgan fingerprint density at radius 2 is 1.45 bits per heavy atom. The number of hydrogen-bond donors (Lipinski definition) is 1. The summed E-state index contributed by atoms with van der Waals surface area (Å²) in [5.41, 5.74) is 4.84. The van der Waals surface area contributed by atoms with E-state index in [1.165, 1.54) is 9.21 Å². The van der Waals surface area contributed by atoms with Crippen molar-refractivity contribution < 1.29 is 18.0 Å². The lowest BCUT2D eigenvalue weighted by Gasteiger charge is -2.32. The maximum Gasteiger partial charge on any atom is 0.264 e. The van der Waals surface area contributed by atoms with Crippen LogP contribution in [-0.4, -0.2) is 44.3 Å². The Kier molecular flexibility index (Phi) is 10.1. The Balaban J connectivity index is 2.06. The largest absolute Gasteiger partial charge is 0.354 e. The molecule has 3 aromatic carbocycles. The molecule has 3 aromatic rings. The van der Waals surface area contributed by atoms with E-state index in [1.807, 2.05) is 77.9 Å². The molecule has 0 fully saturated rings. The van der Waals surface area contributed by atoms with Crippen molar-refractivity contribution in [3.8, 4) is 0 Å². The van der Waals surface area contributed by atoms with Gasteiger partial charge in [-0.15, -0.1) is 0 Å². The maximum atomic E-state index is 14.1. The maximum absolute atomic E-state index is 14.1. The molecule has 40 heavy (non-hydrogen) atoms. The van der Waals surface area contributed by atoms with E-state index in [4.69, 9.17) is 0 Å². The first-order chi connectivity index (χ1) is 18.8. The first-order valence-corrected chi connectivity index (χ1v) is 15.0. The standard InChI is InChI=1S/C32H41N3O4S/c1-22(2)19-33-32(37)27(7)34(20-28-10-8-9-24(4)17-28)31(36)21-35(30-18-25(5)11-14-26(30)6)40(38,39)29-15-12-23(3)13-16-29/h8-18,22,27H,19-21H2,1-7H3,(H,33,37). The van der Waals surface area contributed by atoms with Crippen molar-refractivity contribution >= 4 is 27.5 Å². The number of hydrogen-bond acceptors (Lipinski definition) is 4. The van der Waals surface area contributed by atoms with E-state index in [2.05, 4.69) is 5.32 Å². The highest BCUT2D eigenvalue weighted by Gasteiger charge is 2.33. The van der Waals surface area contributed by atoms with Crippen LogP contribution in [-0.2, 0) is 26.2 Å². The molecular formula is C32H41N3O4S. The summed E-state index contributed by atoms with van der Waals surface area (Å²) in [6.07, 6.45) is 0. The highest BCUT2D eigenvalue weighted by atomic mass is 32.2. The fourth-order valence-electron chi connectivity index (χ4n) is 4.38.